The highest BCUT2D eigenvalue weighted by molar-refractivity contribution is 7.99. The molecule has 2 aromatic carbocycles. The Labute approximate surface area is 151 Å². The van der Waals surface area contributed by atoms with E-state index in [0.29, 0.717) is 11.7 Å². The number of aromatic nitrogens is 1. The quantitative estimate of drug-likeness (QED) is 0.640. The molecule has 1 aromatic heterocycles. The molecule has 4 heterocycles. The summed E-state index contributed by atoms with van der Waals surface area (Å²) in [5.74, 6) is 1.05. The monoisotopic (exact) mass is 352 g/mol. The summed E-state index contributed by atoms with van der Waals surface area (Å²) in [6.07, 6.45) is 2.27. The summed E-state index contributed by atoms with van der Waals surface area (Å²) in [6.45, 7) is 3.13. The Balaban J connectivity index is 1.38. The lowest BCUT2D eigenvalue weighted by Gasteiger charge is -2.41. The summed E-state index contributed by atoms with van der Waals surface area (Å²) in [5, 5.41) is 2.48. The number of hydrogen-bond donors (Lipinski definition) is 1. The molecule has 0 radical (unpaired) electrons. The SMILES string of the molecule is F/C(CSc1ccc2c(c1)[nH]c1ccccc12)=C1/CN2CCC1CC2. The van der Waals surface area contributed by atoms with Gasteiger partial charge in [-0.05, 0) is 55.6 Å². The van der Waals surface area contributed by atoms with E-state index < -0.39 is 0 Å². The first kappa shape index (κ1) is 15.5. The number of H-pyrrole nitrogens is 1. The summed E-state index contributed by atoms with van der Waals surface area (Å²) in [5.41, 5.74) is 3.35. The van der Waals surface area contributed by atoms with Crippen molar-refractivity contribution in [2.75, 3.05) is 25.4 Å². The summed E-state index contributed by atoms with van der Waals surface area (Å²) < 4.78 is 14.7. The number of halogens is 1. The molecule has 3 saturated heterocycles. The van der Waals surface area contributed by atoms with Crippen LogP contribution >= 0.6 is 11.8 Å². The fourth-order valence-corrected chi connectivity index (χ4v) is 5.12. The zero-order valence-electron chi connectivity index (χ0n) is 14.1. The number of para-hydroxylation sites is 1. The van der Waals surface area contributed by atoms with E-state index in [2.05, 4.69) is 46.3 Å². The van der Waals surface area contributed by atoms with Gasteiger partial charge in [-0.1, -0.05) is 24.3 Å². The molecule has 0 unspecified atom stereocenters. The van der Waals surface area contributed by atoms with Crippen molar-refractivity contribution in [1.29, 1.82) is 0 Å². The lowest BCUT2D eigenvalue weighted by atomic mass is 9.83. The number of nitrogens with one attached hydrogen (secondary N) is 1. The van der Waals surface area contributed by atoms with Crippen LogP contribution in [0.3, 0.4) is 0 Å². The van der Waals surface area contributed by atoms with Crippen molar-refractivity contribution in [1.82, 2.24) is 9.88 Å². The number of nitrogens with zero attached hydrogens (tertiary/aromatic N) is 1. The van der Waals surface area contributed by atoms with Gasteiger partial charge in [-0.3, -0.25) is 4.90 Å². The fourth-order valence-electron chi connectivity index (χ4n) is 4.28. The molecule has 2 nitrogen and oxygen atoms in total. The molecular formula is C21H21FN2S. The molecule has 0 saturated carbocycles. The first-order chi connectivity index (χ1) is 12.3. The molecule has 3 fully saturated rings. The number of aromatic amines is 1. The molecule has 2 bridgehead atoms. The summed E-state index contributed by atoms with van der Waals surface area (Å²) >= 11 is 1.60. The molecule has 3 aromatic rings. The maximum Gasteiger partial charge on any atom is 0.111 e. The van der Waals surface area contributed by atoms with Gasteiger partial charge in [-0.2, -0.15) is 0 Å². The van der Waals surface area contributed by atoms with Crippen LogP contribution < -0.4 is 0 Å². The first-order valence-electron chi connectivity index (χ1n) is 9.01. The minimum absolute atomic E-state index is 0.108. The number of benzene rings is 2. The van der Waals surface area contributed by atoms with Gasteiger partial charge in [0.25, 0.3) is 0 Å². The van der Waals surface area contributed by atoms with Crippen LogP contribution in [-0.4, -0.2) is 35.3 Å². The van der Waals surface area contributed by atoms with Crippen molar-refractivity contribution < 1.29 is 4.39 Å². The van der Waals surface area contributed by atoms with Crippen LogP contribution in [-0.2, 0) is 0 Å². The second-order valence-electron chi connectivity index (χ2n) is 7.15. The number of rotatable bonds is 3. The van der Waals surface area contributed by atoms with Crippen LogP contribution in [0, 0.1) is 5.92 Å². The van der Waals surface area contributed by atoms with E-state index in [1.165, 1.54) is 10.8 Å². The first-order valence-corrected chi connectivity index (χ1v) is 9.99. The molecule has 4 heteroatoms. The van der Waals surface area contributed by atoms with Crippen LogP contribution in [0.5, 0.6) is 0 Å². The zero-order chi connectivity index (χ0) is 16.8. The van der Waals surface area contributed by atoms with Gasteiger partial charge in [0.15, 0.2) is 0 Å². The Morgan fingerprint density at radius 2 is 1.88 bits per heavy atom. The molecule has 0 spiro atoms. The van der Waals surface area contributed by atoms with Gasteiger partial charge in [0.2, 0.25) is 0 Å². The normalized spacial score (nSPS) is 25.0. The second-order valence-corrected chi connectivity index (χ2v) is 8.20. The van der Waals surface area contributed by atoms with Crippen molar-refractivity contribution in [3.63, 3.8) is 0 Å². The van der Waals surface area contributed by atoms with Crippen LogP contribution in [0.1, 0.15) is 12.8 Å². The minimum atomic E-state index is 0.108. The van der Waals surface area contributed by atoms with E-state index in [0.717, 1.165) is 54.0 Å². The average molecular weight is 352 g/mol. The minimum Gasteiger partial charge on any atom is -0.354 e. The maximum absolute atomic E-state index is 14.7. The Hall–Kier alpha value is -1.78. The third-order valence-electron chi connectivity index (χ3n) is 5.67. The lowest BCUT2D eigenvalue weighted by molar-refractivity contribution is 0.157. The number of fused-ring (bicyclic) bond motifs is 6. The van der Waals surface area contributed by atoms with Crippen LogP contribution in [0.2, 0.25) is 0 Å². The third kappa shape index (κ3) is 2.77. The smallest absolute Gasteiger partial charge is 0.111 e. The Bertz CT molecular complexity index is 966. The number of hydrogen-bond acceptors (Lipinski definition) is 2. The van der Waals surface area contributed by atoms with Gasteiger partial charge < -0.3 is 4.98 Å². The topological polar surface area (TPSA) is 19.0 Å². The van der Waals surface area contributed by atoms with Crippen molar-refractivity contribution in [2.45, 2.75) is 17.7 Å². The maximum atomic E-state index is 14.7. The molecular weight excluding hydrogens is 331 g/mol. The van der Waals surface area contributed by atoms with E-state index in [1.807, 2.05) is 6.07 Å². The number of piperidine rings is 3. The Kier molecular flexibility index (Phi) is 3.83. The predicted molar refractivity (Wildman–Crippen MR) is 104 cm³/mol. The third-order valence-corrected chi connectivity index (χ3v) is 6.65. The summed E-state index contributed by atoms with van der Waals surface area (Å²) in [7, 11) is 0. The van der Waals surface area contributed by atoms with Crippen molar-refractivity contribution in [3.8, 4) is 0 Å². The molecule has 0 aliphatic carbocycles. The highest BCUT2D eigenvalue weighted by Gasteiger charge is 2.31. The van der Waals surface area contributed by atoms with E-state index in [4.69, 9.17) is 0 Å². The highest BCUT2D eigenvalue weighted by atomic mass is 32.2. The van der Waals surface area contributed by atoms with Crippen molar-refractivity contribution in [3.05, 3.63) is 53.9 Å². The average Bonchev–Trinajstić information content (AvgIpc) is 3.04. The van der Waals surface area contributed by atoms with Gasteiger partial charge in [0.1, 0.15) is 5.83 Å². The molecule has 128 valence electrons. The fraction of sp³-hybridized carbons (Fsp3) is 0.333. The van der Waals surface area contributed by atoms with Crippen LogP contribution in [0.25, 0.3) is 21.8 Å². The molecule has 25 heavy (non-hydrogen) atoms. The molecule has 1 N–H and O–H groups in total. The van der Waals surface area contributed by atoms with E-state index >= 15 is 0 Å². The van der Waals surface area contributed by atoms with Gasteiger partial charge in [0, 0.05) is 33.2 Å². The standard InChI is InChI=1S/C21H21FN2S/c22-19(18-12-24-9-7-14(18)8-10-24)13-25-15-5-6-17-16-3-1-2-4-20(16)23-21(17)11-15/h1-6,11,14,23H,7-10,12-13H2/b19-18-. The van der Waals surface area contributed by atoms with E-state index in [-0.39, 0.29) is 5.83 Å². The van der Waals surface area contributed by atoms with E-state index in [9.17, 15) is 4.39 Å². The second kappa shape index (κ2) is 6.19. The molecule has 0 atom stereocenters. The van der Waals surface area contributed by atoms with Gasteiger partial charge in [0.05, 0.1) is 5.75 Å². The summed E-state index contributed by atoms with van der Waals surface area (Å²) in [4.78, 5) is 6.97. The lowest BCUT2D eigenvalue weighted by Crippen LogP contribution is -2.43. The molecule has 3 aliphatic heterocycles. The molecule has 6 rings (SSSR count). The van der Waals surface area contributed by atoms with Crippen molar-refractivity contribution >= 4 is 33.6 Å². The number of thioether (sulfide) groups is 1. The molecule has 0 amide bonds. The summed E-state index contributed by atoms with van der Waals surface area (Å²) in [6, 6.07) is 14.8. The molecule has 3 aliphatic rings. The highest BCUT2D eigenvalue weighted by Crippen LogP contribution is 2.36. The van der Waals surface area contributed by atoms with E-state index in [1.54, 1.807) is 11.8 Å². The Morgan fingerprint density at radius 3 is 2.68 bits per heavy atom. The van der Waals surface area contributed by atoms with Gasteiger partial charge >= 0.3 is 0 Å². The predicted octanol–water partition coefficient (Wildman–Crippen LogP) is 5.36. The Morgan fingerprint density at radius 1 is 1.08 bits per heavy atom. The van der Waals surface area contributed by atoms with Crippen LogP contribution in [0.4, 0.5) is 4.39 Å². The zero-order valence-corrected chi connectivity index (χ0v) is 14.9. The largest absolute Gasteiger partial charge is 0.354 e. The van der Waals surface area contributed by atoms with Crippen molar-refractivity contribution in [2.24, 2.45) is 5.92 Å². The van der Waals surface area contributed by atoms with Crippen LogP contribution in [0.15, 0.2) is 58.8 Å². The van der Waals surface area contributed by atoms with Gasteiger partial charge in [-0.25, -0.2) is 4.39 Å². The van der Waals surface area contributed by atoms with Gasteiger partial charge in [-0.15, -0.1) is 11.8 Å².